The lowest BCUT2D eigenvalue weighted by molar-refractivity contribution is 0.0956. The van der Waals surface area contributed by atoms with Crippen LogP contribution in [0.15, 0.2) is 12.3 Å². The van der Waals surface area contributed by atoms with E-state index >= 15 is 0 Å². The zero-order valence-corrected chi connectivity index (χ0v) is 8.89. The Morgan fingerprint density at radius 3 is 3.20 bits per heavy atom. The van der Waals surface area contributed by atoms with Gasteiger partial charge in [-0.25, -0.2) is 4.98 Å². The summed E-state index contributed by atoms with van der Waals surface area (Å²) in [5.41, 5.74) is 5.55. The molecule has 0 radical (unpaired) electrons. The van der Waals surface area contributed by atoms with Crippen molar-refractivity contribution in [3.63, 3.8) is 0 Å². The first kappa shape index (κ1) is 10.2. The fraction of sp³-hybridized carbons (Fsp3) is 0.600. The number of rotatable bonds is 2. The van der Waals surface area contributed by atoms with Crippen LogP contribution >= 0.6 is 0 Å². The van der Waals surface area contributed by atoms with E-state index in [1.165, 1.54) is 0 Å². The Kier molecular flexibility index (Phi) is 3.01. The molecule has 1 fully saturated rings. The van der Waals surface area contributed by atoms with Gasteiger partial charge >= 0.3 is 6.01 Å². The third-order valence-electron chi connectivity index (χ3n) is 2.51. The molecule has 1 aromatic heterocycles. The fourth-order valence-electron chi connectivity index (χ4n) is 1.78. The number of nitrogens with two attached hydrogens (primary N) is 1. The average Bonchev–Trinajstić information content (AvgIpc) is 2.17. The molecule has 1 aromatic rings. The van der Waals surface area contributed by atoms with Gasteiger partial charge in [-0.3, -0.25) is 0 Å². The highest BCUT2D eigenvalue weighted by atomic mass is 16.5. The smallest absolute Gasteiger partial charge is 0.318 e. The highest BCUT2D eigenvalue weighted by Gasteiger charge is 2.19. The molecule has 5 heteroatoms. The summed E-state index contributed by atoms with van der Waals surface area (Å²) in [5.74, 6) is 0.448. The van der Waals surface area contributed by atoms with Crippen molar-refractivity contribution in [2.75, 3.05) is 25.9 Å². The number of likely N-dealkylation sites (tertiary alicyclic amines) is 1. The van der Waals surface area contributed by atoms with Crippen LogP contribution < -0.4 is 10.5 Å². The van der Waals surface area contributed by atoms with Crippen molar-refractivity contribution in [1.29, 1.82) is 0 Å². The standard InChI is InChI=1S/C10H16N4O/c1-14-6-2-3-8(7-14)15-10-12-5-4-9(11)13-10/h4-5,8H,2-3,6-7H2,1H3,(H2,11,12,13). The zero-order valence-electron chi connectivity index (χ0n) is 8.89. The fourth-order valence-corrected chi connectivity index (χ4v) is 1.78. The summed E-state index contributed by atoms with van der Waals surface area (Å²) < 4.78 is 5.66. The predicted octanol–water partition coefficient (Wildman–Crippen LogP) is 0.532. The molecule has 2 heterocycles. The second-order valence-electron chi connectivity index (χ2n) is 3.91. The summed E-state index contributed by atoms with van der Waals surface area (Å²) in [6.07, 6.45) is 4.02. The van der Waals surface area contributed by atoms with Gasteiger partial charge in [-0.2, -0.15) is 4.98 Å². The van der Waals surface area contributed by atoms with Crippen LogP contribution in [-0.4, -0.2) is 41.1 Å². The van der Waals surface area contributed by atoms with Crippen molar-refractivity contribution in [3.05, 3.63) is 12.3 Å². The van der Waals surface area contributed by atoms with E-state index < -0.39 is 0 Å². The second-order valence-corrected chi connectivity index (χ2v) is 3.91. The van der Waals surface area contributed by atoms with Crippen LogP contribution in [0, 0.1) is 0 Å². The molecule has 2 rings (SSSR count). The summed E-state index contributed by atoms with van der Waals surface area (Å²) >= 11 is 0. The summed E-state index contributed by atoms with van der Waals surface area (Å²) in [6.45, 7) is 2.07. The Morgan fingerprint density at radius 2 is 2.47 bits per heavy atom. The minimum absolute atomic E-state index is 0.186. The van der Waals surface area contributed by atoms with E-state index in [1.54, 1.807) is 12.3 Å². The van der Waals surface area contributed by atoms with Crippen molar-refractivity contribution < 1.29 is 4.74 Å². The zero-order chi connectivity index (χ0) is 10.7. The van der Waals surface area contributed by atoms with E-state index in [2.05, 4.69) is 21.9 Å². The number of aromatic nitrogens is 2. The minimum atomic E-state index is 0.186. The third kappa shape index (κ3) is 2.79. The van der Waals surface area contributed by atoms with Crippen LogP contribution in [-0.2, 0) is 0 Å². The Morgan fingerprint density at radius 1 is 1.60 bits per heavy atom. The van der Waals surface area contributed by atoms with Gasteiger partial charge in [0.1, 0.15) is 11.9 Å². The van der Waals surface area contributed by atoms with Crippen molar-refractivity contribution in [2.45, 2.75) is 18.9 Å². The lowest BCUT2D eigenvalue weighted by Crippen LogP contribution is -2.38. The molecule has 1 unspecified atom stereocenters. The molecule has 1 aliphatic rings. The third-order valence-corrected chi connectivity index (χ3v) is 2.51. The van der Waals surface area contributed by atoms with E-state index in [-0.39, 0.29) is 6.10 Å². The Bertz CT molecular complexity index is 331. The maximum absolute atomic E-state index is 5.66. The molecule has 0 bridgehead atoms. The lowest BCUT2D eigenvalue weighted by atomic mass is 10.1. The molecule has 0 spiro atoms. The SMILES string of the molecule is CN1CCCC(Oc2nccc(N)n2)C1. The minimum Gasteiger partial charge on any atom is -0.459 e. The van der Waals surface area contributed by atoms with Crippen LogP contribution in [0.3, 0.4) is 0 Å². The van der Waals surface area contributed by atoms with Gasteiger partial charge in [0.15, 0.2) is 0 Å². The first-order valence-electron chi connectivity index (χ1n) is 5.18. The van der Waals surface area contributed by atoms with E-state index in [0.717, 1.165) is 25.9 Å². The number of anilines is 1. The molecule has 82 valence electrons. The summed E-state index contributed by atoms with van der Waals surface area (Å²) in [6, 6.07) is 2.04. The molecule has 1 atom stereocenters. The number of ether oxygens (including phenoxy) is 1. The van der Waals surface area contributed by atoms with E-state index in [1.807, 2.05) is 0 Å². The van der Waals surface area contributed by atoms with Gasteiger partial charge in [0.25, 0.3) is 0 Å². The molecule has 0 aliphatic carbocycles. The lowest BCUT2D eigenvalue weighted by Gasteiger charge is -2.29. The molecule has 2 N–H and O–H groups in total. The normalized spacial score (nSPS) is 22.6. The largest absolute Gasteiger partial charge is 0.459 e. The maximum Gasteiger partial charge on any atom is 0.318 e. The summed E-state index contributed by atoms with van der Waals surface area (Å²) in [5, 5.41) is 0. The van der Waals surface area contributed by atoms with Crippen molar-refractivity contribution in [1.82, 2.24) is 14.9 Å². The van der Waals surface area contributed by atoms with Gasteiger partial charge in [0, 0.05) is 12.7 Å². The van der Waals surface area contributed by atoms with Gasteiger partial charge < -0.3 is 15.4 Å². The molecular weight excluding hydrogens is 192 g/mol. The molecule has 0 amide bonds. The number of nitrogen functional groups attached to an aromatic ring is 1. The predicted molar refractivity (Wildman–Crippen MR) is 57.6 cm³/mol. The van der Waals surface area contributed by atoms with Gasteiger partial charge in [-0.1, -0.05) is 0 Å². The van der Waals surface area contributed by atoms with Gasteiger partial charge in [-0.05, 0) is 32.5 Å². The summed E-state index contributed by atoms with van der Waals surface area (Å²) in [7, 11) is 2.09. The highest BCUT2D eigenvalue weighted by Crippen LogP contribution is 2.14. The number of hydrogen-bond acceptors (Lipinski definition) is 5. The van der Waals surface area contributed by atoms with Gasteiger partial charge in [-0.15, -0.1) is 0 Å². The van der Waals surface area contributed by atoms with Crippen LogP contribution in [0.4, 0.5) is 5.82 Å². The van der Waals surface area contributed by atoms with Crippen molar-refractivity contribution in [3.8, 4) is 6.01 Å². The molecule has 0 aromatic carbocycles. The number of piperidine rings is 1. The van der Waals surface area contributed by atoms with Crippen LogP contribution in [0.2, 0.25) is 0 Å². The second kappa shape index (κ2) is 4.44. The maximum atomic E-state index is 5.66. The first-order valence-corrected chi connectivity index (χ1v) is 5.18. The number of hydrogen-bond donors (Lipinski definition) is 1. The number of nitrogens with zero attached hydrogens (tertiary/aromatic N) is 3. The highest BCUT2D eigenvalue weighted by molar-refractivity contribution is 5.26. The Labute approximate surface area is 89.3 Å². The van der Waals surface area contributed by atoms with Crippen molar-refractivity contribution in [2.24, 2.45) is 0 Å². The van der Waals surface area contributed by atoms with Crippen LogP contribution in [0.25, 0.3) is 0 Å². The van der Waals surface area contributed by atoms with Crippen molar-refractivity contribution >= 4 is 5.82 Å². The van der Waals surface area contributed by atoms with Crippen LogP contribution in [0.5, 0.6) is 6.01 Å². The summed E-state index contributed by atoms with van der Waals surface area (Å²) in [4.78, 5) is 10.3. The molecule has 5 nitrogen and oxygen atoms in total. The van der Waals surface area contributed by atoms with E-state index in [4.69, 9.17) is 10.5 Å². The first-order chi connectivity index (χ1) is 7.24. The molecular formula is C10H16N4O. The molecule has 1 saturated heterocycles. The van der Waals surface area contributed by atoms with Gasteiger partial charge in [0.2, 0.25) is 0 Å². The molecule has 1 aliphatic heterocycles. The molecule has 15 heavy (non-hydrogen) atoms. The topological polar surface area (TPSA) is 64.3 Å². The van der Waals surface area contributed by atoms with Gasteiger partial charge in [0.05, 0.1) is 0 Å². The van der Waals surface area contributed by atoms with E-state index in [9.17, 15) is 0 Å². The monoisotopic (exact) mass is 208 g/mol. The number of likely N-dealkylation sites (N-methyl/N-ethyl adjacent to an activating group) is 1. The quantitative estimate of drug-likeness (QED) is 0.768. The van der Waals surface area contributed by atoms with E-state index in [0.29, 0.717) is 11.8 Å². The Hall–Kier alpha value is -1.36. The molecule has 0 saturated carbocycles. The Balaban J connectivity index is 1.96. The van der Waals surface area contributed by atoms with Crippen LogP contribution in [0.1, 0.15) is 12.8 Å². The average molecular weight is 208 g/mol.